The van der Waals surface area contributed by atoms with Gasteiger partial charge in [0.05, 0.1) is 0 Å². The minimum atomic E-state index is -4.40. The van der Waals surface area contributed by atoms with E-state index in [-0.39, 0.29) is 12.2 Å². The third-order valence-electron chi connectivity index (χ3n) is 3.53. The molecule has 1 N–H and O–H groups in total. The normalized spacial score (nSPS) is 24.6. The highest BCUT2D eigenvalue weighted by atomic mass is 19.4. The summed E-state index contributed by atoms with van der Waals surface area (Å²) in [6.45, 7) is 2.72. The summed E-state index contributed by atoms with van der Waals surface area (Å²) in [5.41, 5.74) is -2.09. The van der Waals surface area contributed by atoms with Gasteiger partial charge in [0.25, 0.3) is 0 Å². The second kappa shape index (κ2) is 5.44. The zero-order valence-electron chi connectivity index (χ0n) is 10.9. The van der Waals surface area contributed by atoms with Crippen molar-refractivity contribution in [3.8, 4) is 0 Å². The molecule has 8 heteroatoms. The number of rotatable bonds is 4. The lowest BCUT2D eigenvalue weighted by atomic mass is 9.87. The molecule has 1 unspecified atom stereocenters. The molecule has 1 saturated heterocycles. The molecule has 0 amide bonds. The van der Waals surface area contributed by atoms with Crippen molar-refractivity contribution >= 4 is 0 Å². The van der Waals surface area contributed by atoms with E-state index >= 15 is 0 Å². The van der Waals surface area contributed by atoms with E-state index in [9.17, 15) is 13.2 Å². The maximum absolute atomic E-state index is 13.5. The average molecular weight is 277 g/mol. The zero-order valence-corrected chi connectivity index (χ0v) is 10.9. The molecule has 0 bridgehead atoms. The van der Waals surface area contributed by atoms with Gasteiger partial charge in [-0.2, -0.15) is 13.2 Å². The minimum absolute atomic E-state index is 0.0109. The van der Waals surface area contributed by atoms with Crippen molar-refractivity contribution in [2.45, 2.75) is 57.3 Å². The Kier molecular flexibility index (Phi) is 4.07. The largest absolute Gasteiger partial charge is 0.413 e. The third kappa shape index (κ3) is 2.58. The molecule has 1 aliphatic heterocycles. The van der Waals surface area contributed by atoms with Crippen LogP contribution in [-0.4, -0.2) is 32.9 Å². The van der Waals surface area contributed by atoms with Crippen molar-refractivity contribution in [3.63, 3.8) is 0 Å². The van der Waals surface area contributed by atoms with Crippen LogP contribution in [0.2, 0.25) is 0 Å². The fraction of sp³-hybridized carbons (Fsp3) is 0.909. The number of aryl methyl sites for hydroxylation is 1. The standard InChI is InChI=1S/C11H18F3N5/c1-2-3-8-19-9(16-17-18-19)10(11(12,13)14)6-4-5-7-15-10/h15H,2-8H2,1H3. The molecule has 19 heavy (non-hydrogen) atoms. The van der Waals surface area contributed by atoms with E-state index in [0.717, 1.165) is 19.3 Å². The molecule has 0 aromatic carbocycles. The molecule has 1 atom stereocenters. The van der Waals surface area contributed by atoms with E-state index in [0.29, 0.717) is 19.5 Å². The predicted octanol–water partition coefficient (Wildman–Crippen LogP) is 2.00. The van der Waals surface area contributed by atoms with Gasteiger partial charge >= 0.3 is 6.18 Å². The van der Waals surface area contributed by atoms with Crippen LogP contribution >= 0.6 is 0 Å². The number of alkyl halides is 3. The highest BCUT2D eigenvalue weighted by molar-refractivity contribution is 5.11. The van der Waals surface area contributed by atoms with Crippen LogP contribution in [-0.2, 0) is 12.1 Å². The summed E-state index contributed by atoms with van der Waals surface area (Å²) in [6.07, 6.45) is -1.51. The Morgan fingerprint density at radius 3 is 2.74 bits per heavy atom. The Hall–Kier alpha value is -1.18. The van der Waals surface area contributed by atoms with Gasteiger partial charge in [-0.05, 0) is 42.7 Å². The van der Waals surface area contributed by atoms with Crippen molar-refractivity contribution in [2.24, 2.45) is 0 Å². The second-order valence-electron chi connectivity index (χ2n) is 4.87. The maximum Gasteiger partial charge on any atom is 0.413 e. The third-order valence-corrected chi connectivity index (χ3v) is 3.53. The van der Waals surface area contributed by atoms with Crippen LogP contribution in [0.15, 0.2) is 0 Å². The molecule has 1 aliphatic rings. The van der Waals surface area contributed by atoms with Crippen LogP contribution in [0, 0.1) is 0 Å². The highest BCUT2D eigenvalue weighted by Gasteiger charge is 2.59. The quantitative estimate of drug-likeness (QED) is 0.914. The summed E-state index contributed by atoms with van der Waals surface area (Å²) in [7, 11) is 0. The Bertz CT molecular complexity index is 409. The number of hydrogen-bond acceptors (Lipinski definition) is 4. The van der Waals surface area contributed by atoms with Gasteiger partial charge in [-0.15, -0.1) is 5.10 Å². The first-order valence-electron chi connectivity index (χ1n) is 6.59. The monoisotopic (exact) mass is 277 g/mol. The van der Waals surface area contributed by atoms with Crippen LogP contribution in [0.5, 0.6) is 0 Å². The van der Waals surface area contributed by atoms with Crippen molar-refractivity contribution in [3.05, 3.63) is 5.82 Å². The number of halogens is 3. The lowest BCUT2D eigenvalue weighted by Crippen LogP contribution is -2.57. The molecular weight excluding hydrogens is 259 g/mol. The minimum Gasteiger partial charge on any atom is -0.297 e. The molecule has 2 rings (SSSR count). The van der Waals surface area contributed by atoms with Gasteiger partial charge in [0.1, 0.15) is 0 Å². The number of tetrazole rings is 1. The summed E-state index contributed by atoms with van der Waals surface area (Å²) in [5.74, 6) is -0.104. The van der Waals surface area contributed by atoms with E-state index in [1.807, 2.05) is 6.92 Å². The molecule has 2 heterocycles. The van der Waals surface area contributed by atoms with Crippen molar-refractivity contribution in [2.75, 3.05) is 6.54 Å². The Balaban J connectivity index is 2.36. The van der Waals surface area contributed by atoms with Crippen LogP contribution in [0.1, 0.15) is 44.9 Å². The Morgan fingerprint density at radius 1 is 1.37 bits per heavy atom. The molecule has 0 saturated carbocycles. The number of aromatic nitrogens is 4. The van der Waals surface area contributed by atoms with E-state index in [2.05, 4.69) is 20.8 Å². The van der Waals surface area contributed by atoms with E-state index in [4.69, 9.17) is 0 Å². The molecule has 1 aromatic heterocycles. The number of nitrogens with one attached hydrogen (secondary N) is 1. The lowest BCUT2D eigenvalue weighted by molar-refractivity contribution is -0.211. The zero-order chi connectivity index (χ0) is 13.9. The molecular formula is C11H18F3N5. The van der Waals surface area contributed by atoms with Gasteiger partial charge in [-0.3, -0.25) is 5.32 Å². The molecule has 1 aromatic rings. The summed E-state index contributed by atoms with van der Waals surface area (Å²) in [5, 5.41) is 13.4. The van der Waals surface area contributed by atoms with E-state index < -0.39 is 11.7 Å². The molecule has 0 spiro atoms. The van der Waals surface area contributed by atoms with E-state index in [1.165, 1.54) is 4.68 Å². The van der Waals surface area contributed by atoms with Crippen LogP contribution < -0.4 is 5.32 Å². The number of hydrogen-bond donors (Lipinski definition) is 1. The maximum atomic E-state index is 13.5. The van der Waals surface area contributed by atoms with Gasteiger partial charge in [0, 0.05) is 6.54 Å². The fourth-order valence-corrected chi connectivity index (χ4v) is 2.43. The first-order chi connectivity index (χ1) is 9.01. The second-order valence-corrected chi connectivity index (χ2v) is 4.87. The Labute approximate surface area is 109 Å². The Morgan fingerprint density at radius 2 is 2.16 bits per heavy atom. The highest BCUT2D eigenvalue weighted by Crippen LogP contribution is 2.43. The lowest BCUT2D eigenvalue weighted by Gasteiger charge is -2.38. The summed E-state index contributed by atoms with van der Waals surface area (Å²) < 4.78 is 41.8. The summed E-state index contributed by atoms with van der Waals surface area (Å²) in [4.78, 5) is 0. The molecule has 108 valence electrons. The first-order valence-corrected chi connectivity index (χ1v) is 6.59. The number of unbranched alkanes of at least 4 members (excludes halogenated alkanes) is 1. The van der Waals surface area contributed by atoms with Gasteiger partial charge in [0.15, 0.2) is 11.4 Å². The van der Waals surface area contributed by atoms with Gasteiger partial charge < -0.3 is 0 Å². The molecule has 1 fully saturated rings. The number of piperidine rings is 1. The number of nitrogens with zero attached hydrogens (tertiary/aromatic N) is 4. The van der Waals surface area contributed by atoms with Gasteiger partial charge in [-0.25, -0.2) is 4.68 Å². The molecule has 5 nitrogen and oxygen atoms in total. The summed E-state index contributed by atoms with van der Waals surface area (Å²) in [6, 6.07) is 0. The van der Waals surface area contributed by atoms with Crippen molar-refractivity contribution in [1.29, 1.82) is 0 Å². The SMILES string of the molecule is CCCCn1nnnc1C1(C(F)(F)F)CCCCN1. The smallest absolute Gasteiger partial charge is 0.297 e. The van der Waals surface area contributed by atoms with Crippen LogP contribution in [0.4, 0.5) is 13.2 Å². The van der Waals surface area contributed by atoms with Gasteiger partial charge in [0.2, 0.25) is 0 Å². The molecule has 0 radical (unpaired) electrons. The van der Waals surface area contributed by atoms with Crippen LogP contribution in [0.25, 0.3) is 0 Å². The molecule has 0 aliphatic carbocycles. The van der Waals surface area contributed by atoms with E-state index in [1.54, 1.807) is 0 Å². The topological polar surface area (TPSA) is 55.6 Å². The van der Waals surface area contributed by atoms with Gasteiger partial charge in [-0.1, -0.05) is 13.3 Å². The first kappa shape index (κ1) is 14.2. The van der Waals surface area contributed by atoms with Crippen molar-refractivity contribution < 1.29 is 13.2 Å². The predicted molar refractivity (Wildman–Crippen MR) is 62.3 cm³/mol. The van der Waals surface area contributed by atoms with Crippen molar-refractivity contribution in [1.82, 2.24) is 25.5 Å². The van der Waals surface area contributed by atoms with Crippen LogP contribution in [0.3, 0.4) is 0 Å². The fourth-order valence-electron chi connectivity index (χ4n) is 2.43. The average Bonchev–Trinajstić information content (AvgIpc) is 2.84. The summed E-state index contributed by atoms with van der Waals surface area (Å²) >= 11 is 0.